The van der Waals surface area contributed by atoms with Crippen LogP contribution < -0.4 is 10.6 Å². The van der Waals surface area contributed by atoms with E-state index in [9.17, 15) is 23.2 Å². The number of carbonyl (C=O) groups is 3. The zero-order valence-electron chi connectivity index (χ0n) is 19.3. The number of alkyl halides is 2. The third-order valence-corrected chi connectivity index (χ3v) is 7.13. The number of aliphatic carboxylic acids is 1. The Labute approximate surface area is 201 Å². The fraction of sp³-hybridized carbons (Fsp3) is 0.423. The minimum Gasteiger partial charge on any atom is -0.481 e. The van der Waals surface area contributed by atoms with E-state index in [1.165, 1.54) is 0 Å². The van der Waals surface area contributed by atoms with Crippen molar-refractivity contribution in [1.29, 1.82) is 0 Å². The highest BCUT2D eigenvalue weighted by Gasteiger charge is 2.47. The Morgan fingerprint density at radius 3 is 2.26 bits per heavy atom. The minimum atomic E-state index is -3.02. The first kappa shape index (κ1) is 24.6. The van der Waals surface area contributed by atoms with Crippen LogP contribution in [0.2, 0.25) is 0 Å². The van der Waals surface area contributed by atoms with Gasteiger partial charge in [-0.1, -0.05) is 55.0 Å². The first-order chi connectivity index (χ1) is 16.7. The number of carboxylic acids is 1. The van der Waals surface area contributed by atoms with Gasteiger partial charge in [-0.3, -0.25) is 9.59 Å². The largest absolute Gasteiger partial charge is 0.481 e. The molecule has 2 aromatic carbocycles. The topological polar surface area (TPSA) is 105 Å². The molecule has 0 radical (unpaired) electrons. The van der Waals surface area contributed by atoms with Gasteiger partial charge in [-0.15, -0.1) is 0 Å². The molecule has 3 unspecified atom stereocenters. The smallest absolute Gasteiger partial charge is 0.407 e. The molecule has 7 nitrogen and oxygen atoms in total. The van der Waals surface area contributed by atoms with Crippen LogP contribution in [-0.2, 0) is 14.3 Å². The van der Waals surface area contributed by atoms with E-state index < -0.39 is 48.3 Å². The van der Waals surface area contributed by atoms with Gasteiger partial charge in [0.25, 0.3) is 6.43 Å². The highest BCUT2D eigenvalue weighted by molar-refractivity contribution is 5.85. The van der Waals surface area contributed by atoms with E-state index in [0.717, 1.165) is 22.3 Å². The number of halogens is 2. The zero-order valence-corrected chi connectivity index (χ0v) is 19.3. The molecule has 3 N–H and O–H groups in total. The number of ether oxygens (including phenoxy) is 1. The standard InChI is InChI=1S/C26H28F2N2O5/c1-26(24(33)29-20(23(27)28)13-22(31)32)12-6-11-21(26)30-25(34)35-14-19-17-9-4-2-7-15(17)16-8-3-5-10-18(16)19/h2-5,7-10,19-21,23H,6,11-14H2,1H3,(H,29,33)(H,30,34)(H,31,32). The van der Waals surface area contributed by atoms with E-state index >= 15 is 0 Å². The Hall–Kier alpha value is -3.49. The second-order valence-electron chi connectivity index (χ2n) is 9.34. The van der Waals surface area contributed by atoms with Gasteiger partial charge in [0, 0.05) is 12.0 Å². The number of amides is 2. The number of alkyl carbamates (subject to hydrolysis) is 1. The van der Waals surface area contributed by atoms with Crippen LogP contribution in [0, 0.1) is 5.41 Å². The summed E-state index contributed by atoms with van der Waals surface area (Å²) in [5.41, 5.74) is 3.20. The number of benzene rings is 2. The van der Waals surface area contributed by atoms with Gasteiger partial charge in [-0.25, -0.2) is 13.6 Å². The van der Waals surface area contributed by atoms with Crippen LogP contribution in [0.25, 0.3) is 11.1 Å². The summed E-state index contributed by atoms with van der Waals surface area (Å²) in [6, 6.07) is 13.5. The third-order valence-electron chi connectivity index (χ3n) is 7.13. The van der Waals surface area contributed by atoms with Crippen LogP contribution >= 0.6 is 0 Å². The number of nitrogens with one attached hydrogen (secondary N) is 2. The van der Waals surface area contributed by atoms with E-state index in [1.54, 1.807) is 6.92 Å². The van der Waals surface area contributed by atoms with Crippen molar-refractivity contribution >= 4 is 18.0 Å². The summed E-state index contributed by atoms with van der Waals surface area (Å²) >= 11 is 0. The van der Waals surface area contributed by atoms with E-state index in [4.69, 9.17) is 9.84 Å². The van der Waals surface area contributed by atoms with E-state index in [0.29, 0.717) is 19.3 Å². The molecule has 35 heavy (non-hydrogen) atoms. The Bertz CT molecular complexity index is 1080. The van der Waals surface area contributed by atoms with Gasteiger partial charge in [0.1, 0.15) is 12.6 Å². The second-order valence-corrected chi connectivity index (χ2v) is 9.34. The highest BCUT2D eigenvalue weighted by Crippen LogP contribution is 2.44. The van der Waals surface area contributed by atoms with Crippen molar-refractivity contribution in [2.24, 2.45) is 5.41 Å². The molecule has 9 heteroatoms. The molecule has 0 aromatic heterocycles. The lowest BCUT2D eigenvalue weighted by atomic mass is 9.83. The van der Waals surface area contributed by atoms with Gasteiger partial charge in [0.05, 0.1) is 11.8 Å². The maximum absolute atomic E-state index is 13.2. The molecular formula is C26H28F2N2O5. The van der Waals surface area contributed by atoms with Gasteiger partial charge >= 0.3 is 12.1 Å². The number of hydrogen-bond acceptors (Lipinski definition) is 4. The lowest BCUT2D eigenvalue weighted by molar-refractivity contribution is -0.140. The molecule has 0 heterocycles. The Kier molecular flexibility index (Phi) is 7.05. The van der Waals surface area contributed by atoms with Crippen molar-refractivity contribution in [3.05, 3.63) is 59.7 Å². The Morgan fingerprint density at radius 1 is 1.09 bits per heavy atom. The average molecular weight is 487 g/mol. The molecule has 0 spiro atoms. The predicted molar refractivity (Wildman–Crippen MR) is 124 cm³/mol. The molecule has 4 rings (SSSR count). The van der Waals surface area contributed by atoms with Gasteiger partial charge in [0.2, 0.25) is 5.91 Å². The molecule has 2 aliphatic carbocycles. The van der Waals surface area contributed by atoms with Crippen LogP contribution in [-0.4, -0.2) is 48.2 Å². The summed E-state index contributed by atoms with van der Waals surface area (Å²) in [5, 5.41) is 13.8. The number of carbonyl (C=O) groups excluding carboxylic acids is 2. The van der Waals surface area contributed by atoms with Crippen molar-refractivity contribution in [2.75, 3.05) is 6.61 Å². The van der Waals surface area contributed by atoms with Crippen molar-refractivity contribution in [2.45, 2.75) is 57.0 Å². The molecule has 2 aliphatic rings. The van der Waals surface area contributed by atoms with Gasteiger partial charge in [0.15, 0.2) is 0 Å². The molecule has 1 fully saturated rings. The minimum absolute atomic E-state index is 0.113. The summed E-state index contributed by atoms with van der Waals surface area (Å²) in [4.78, 5) is 36.5. The van der Waals surface area contributed by atoms with E-state index in [-0.39, 0.29) is 12.5 Å². The summed E-state index contributed by atoms with van der Waals surface area (Å²) in [6.45, 7) is 1.70. The molecule has 0 saturated heterocycles. The molecule has 0 bridgehead atoms. The summed E-state index contributed by atoms with van der Waals surface area (Å²) < 4.78 is 32.0. The summed E-state index contributed by atoms with van der Waals surface area (Å²) in [7, 11) is 0. The molecule has 0 aliphatic heterocycles. The molecule has 1 saturated carbocycles. The van der Waals surface area contributed by atoms with Crippen molar-refractivity contribution < 1.29 is 33.0 Å². The van der Waals surface area contributed by atoms with Crippen LogP contribution in [0.3, 0.4) is 0 Å². The maximum atomic E-state index is 13.2. The van der Waals surface area contributed by atoms with Crippen molar-refractivity contribution in [1.82, 2.24) is 10.6 Å². The number of fused-ring (bicyclic) bond motifs is 3. The molecule has 2 aromatic rings. The zero-order chi connectivity index (χ0) is 25.2. The van der Waals surface area contributed by atoms with Crippen LogP contribution in [0.1, 0.15) is 49.7 Å². The lowest BCUT2D eigenvalue weighted by Gasteiger charge is -2.32. The maximum Gasteiger partial charge on any atom is 0.407 e. The molecule has 2 amide bonds. The normalized spacial score (nSPS) is 21.8. The SMILES string of the molecule is CC1(C(=O)NC(CC(=O)O)C(F)F)CCCC1NC(=O)OCC1c2ccccc2-c2ccccc21. The second kappa shape index (κ2) is 10.0. The van der Waals surface area contributed by atoms with Crippen molar-refractivity contribution in [3.63, 3.8) is 0 Å². The average Bonchev–Trinajstić information content (AvgIpc) is 3.35. The number of carboxylic acid groups (broad SMARTS) is 1. The van der Waals surface area contributed by atoms with E-state index in [1.807, 2.05) is 48.5 Å². The van der Waals surface area contributed by atoms with Crippen molar-refractivity contribution in [3.8, 4) is 11.1 Å². The molecule has 3 atom stereocenters. The predicted octanol–water partition coefficient (Wildman–Crippen LogP) is 4.31. The van der Waals surface area contributed by atoms with Gasteiger partial charge in [-0.05, 0) is 42.0 Å². The monoisotopic (exact) mass is 486 g/mol. The first-order valence-electron chi connectivity index (χ1n) is 11.6. The van der Waals surface area contributed by atoms with Crippen LogP contribution in [0.15, 0.2) is 48.5 Å². The lowest BCUT2D eigenvalue weighted by Crippen LogP contribution is -2.54. The van der Waals surface area contributed by atoms with Crippen LogP contribution in [0.4, 0.5) is 13.6 Å². The summed E-state index contributed by atoms with van der Waals surface area (Å²) in [6.07, 6.45) is -3.13. The van der Waals surface area contributed by atoms with Crippen LogP contribution in [0.5, 0.6) is 0 Å². The van der Waals surface area contributed by atoms with Gasteiger partial charge < -0.3 is 20.5 Å². The fourth-order valence-corrected chi connectivity index (χ4v) is 5.18. The van der Waals surface area contributed by atoms with E-state index in [2.05, 4.69) is 10.6 Å². The summed E-state index contributed by atoms with van der Waals surface area (Å²) in [5.74, 6) is -2.25. The quantitative estimate of drug-likeness (QED) is 0.516. The number of hydrogen-bond donors (Lipinski definition) is 3. The highest BCUT2D eigenvalue weighted by atomic mass is 19.3. The third kappa shape index (κ3) is 4.99. The molecular weight excluding hydrogens is 458 g/mol. The van der Waals surface area contributed by atoms with Gasteiger partial charge in [-0.2, -0.15) is 0 Å². The first-order valence-corrected chi connectivity index (χ1v) is 11.6. The Morgan fingerprint density at radius 2 is 1.69 bits per heavy atom. The fourth-order valence-electron chi connectivity index (χ4n) is 5.18. The Balaban J connectivity index is 1.40. The molecule has 186 valence electrons. The number of rotatable bonds is 8.